The number of sulfonamides is 1. The van der Waals surface area contributed by atoms with Crippen molar-refractivity contribution >= 4 is 15.8 Å². The second kappa shape index (κ2) is 7.04. The van der Waals surface area contributed by atoms with Crippen molar-refractivity contribution < 1.29 is 13.2 Å². The topological polar surface area (TPSA) is 54.5 Å². The Morgan fingerprint density at radius 3 is 2.45 bits per heavy atom. The lowest BCUT2D eigenvalue weighted by atomic mass is 10.2. The molecule has 0 atom stereocenters. The van der Waals surface area contributed by atoms with E-state index in [4.69, 9.17) is 6.42 Å². The zero-order valence-corrected chi connectivity index (χ0v) is 12.4. The fourth-order valence-corrected chi connectivity index (χ4v) is 2.85. The van der Waals surface area contributed by atoms with Gasteiger partial charge in [-0.15, -0.1) is 6.42 Å². The van der Waals surface area contributed by atoms with E-state index < -0.39 is 10.0 Å². The lowest BCUT2D eigenvalue weighted by Gasteiger charge is -2.18. The molecule has 0 saturated carbocycles. The Kier molecular flexibility index (Phi) is 5.68. The molecule has 0 bridgehead atoms. The van der Waals surface area contributed by atoms with Gasteiger partial charge in [-0.25, -0.2) is 8.42 Å². The lowest BCUT2D eigenvalue weighted by molar-refractivity contribution is -0.112. The number of benzene rings is 1. The molecular formula is C15H17NO3S. The van der Waals surface area contributed by atoms with Crippen molar-refractivity contribution in [2.75, 3.05) is 13.1 Å². The van der Waals surface area contributed by atoms with Crippen molar-refractivity contribution in [3.63, 3.8) is 0 Å². The second-order valence-corrected chi connectivity index (χ2v) is 6.27. The normalized spacial score (nSPS) is 11.7. The molecule has 0 heterocycles. The first-order valence-corrected chi connectivity index (χ1v) is 7.49. The van der Waals surface area contributed by atoms with Gasteiger partial charge in [0.2, 0.25) is 10.0 Å². The number of allylic oxidation sites excluding steroid dienone is 1. The third kappa shape index (κ3) is 4.34. The van der Waals surface area contributed by atoms with Gasteiger partial charge in [0.15, 0.2) is 5.78 Å². The molecule has 1 rings (SSSR count). The average Bonchev–Trinajstić information content (AvgIpc) is 2.38. The largest absolute Gasteiger partial charge is 0.295 e. The zero-order chi connectivity index (χ0) is 15.2. The molecule has 0 aromatic heterocycles. The van der Waals surface area contributed by atoms with Crippen LogP contribution in [-0.4, -0.2) is 31.6 Å². The summed E-state index contributed by atoms with van der Waals surface area (Å²) in [4.78, 5) is 11.0. The maximum atomic E-state index is 12.4. The SMILES string of the molecule is C#CCN(C/C=C/C(C)=O)S(=O)(=O)c1ccc(C)cc1. The molecule has 0 radical (unpaired) electrons. The molecule has 0 unspecified atom stereocenters. The highest BCUT2D eigenvalue weighted by atomic mass is 32.2. The number of terminal acetylenes is 1. The van der Waals surface area contributed by atoms with Gasteiger partial charge in [0.05, 0.1) is 11.4 Å². The molecule has 0 aliphatic heterocycles. The van der Waals surface area contributed by atoms with Crippen LogP contribution in [0.15, 0.2) is 41.3 Å². The van der Waals surface area contributed by atoms with Crippen LogP contribution in [-0.2, 0) is 14.8 Å². The first-order valence-electron chi connectivity index (χ1n) is 6.05. The minimum Gasteiger partial charge on any atom is -0.295 e. The van der Waals surface area contributed by atoms with Crippen LogP contribution < -0.4 is 0 Å². The molecular weight excluding hydrogens is 274 g/mol. The van der Waals surface area contributed by atoms with Gasteiger partial charge < -0.3 is 0 Å². The second-order valence-electron chi connectivity index (χ2n) is 4.33. The molecule has 20 heavy (non-hydrogen) atoms. The van der Waals surface area contributed by atoms with Crippen molar-refractivity contribution in [1.82, 2.24) is 4.31 Å². The van der Waals surface area contributed by atoms with Gasteiger partial charge >= 0.3 is 0 Å². The summed E-state index contributed by atoms with van der Waals surface area (Å²) in [5.41, 5.74) is 0.976. The molecule has 0 spiro atoms. The quantitative estimate of drug-likeness (QED) is 0.593. The van der Waals surface area contributed by atoms with Gasteiger partial charge in [-0.1, -0.05) is 29.7 Å². The van der Waals surface area contributed by atoms with E-state index in [1.165, 1.54) is 19.1 Å². The summed E-state index contributed by atoms with van der Waals surface area (Å²) in [7, 11) is -3.65. The minimum atomic E-state index is -3.65. The van der Waals surface area contributed by atoms with Crippen molar-refractivity contribution in [3.8, 4) is 12.3 Å². The first kappa shape index (κ1) is 16.2. The van der Waals surface area contributed by atoms with E-state index in [0.29, 0.717) is 0 Å². The summed E-state index contributed by atoms with van der Waals surface area (Å²) in [6.45, 7) is 3.31. The van der Waals surface area contributed by atoms with Crippen LogP contribution in [0.5, 0.6) is 0 Å². The van der Waals surface area contributed by atoms with E-state index in [1.54, 1.807) is 24.3 Å². The van der Waals surface area contributed by atoms with E-state index in [1.807, 2.05) is 6.92 Å². The van der Waals surface area contributed by atoms with Gasteiger partial charge in [-0.05, 0) is 32.1 Å². The Bertz CT molecular complexity index is 637. The van der Waals surface area contributed by atoms with E-state index in [-0.39, 0.29) is 23.8 Å². The highest BCUT2D eigenvalue weighted by Gasteiger charge is 2.22. The fourth-order valence-electron chi connectivity index (χ4n) is 1.55. The molecule has 0 amide bonds. The van der Waals surface area contributed by atoms with Crippen molar-refractivity contribution in [2.45, 2.75) is 18.7 Å². The van der Waals surface area contributed by atoms with Crippen LogP contribution in [0.3, 0.4) is 0 Å². The van der Waals surface area contributed by atoms with E-state index in [9.17, 15) is 13.2 Å². The number of carbonyl (C=O) groups is 1. The number of nitrogens with zero attached hydrogens (tertiary/aromatic N) is 1. The van der Waals surface area contributed by atoms with Gasteiger partial charge in [-0.2, -0.15) is 4.31 Å². The minimum absolute atomic E-state index is 0.0432. The maximum absolute atomic E-state index is 12.4. The van der Waals surface area contributed by atoms with Crippen molar-refractivity contribution in [3.05, 3.63) is 42.0 Å². The number of ketones is 1. The van der Waals surface area contributed by atoms with Gasteiger partial charge in [0, 0.05) is 6.54 Å². The van der Waals surface area contributed by atoms with Crippen LogP contribution in [0.25, 0.3) is 0 Å². The van der Waals surface area contributed by atoms with Crippen molar-refractivity contribution in [2.24, 2.45) is 0 Å². The Balaban J connectivity index is 3.03. The van der Waals surface area contributed by atoms with Crippen molar-refractivity contribution in [1.29, 1.82) is 0 Å². The number of carbonyl (C=O) groups excluding carboxylic acids is 1. The van der Waals surface area contributed by atoms with Crippen LogP contribution in [0, 0.1) is 19.3 Å². The lowest BCUT2D eigenvalue weighted by Crippen LogP contribution is -2.31. The van der Waals surface area contributed by atoms with Gasteiger partial charge in [0.1, 0.15) is 0 Å². The summed E-state index contributed by atoms with van der Waals surface area (Å²) >= 11 is 0. The summed E-state index contributed by atoms with van der Waals surface area (Å²) in [5.74, 6) is 2.18. The molecule has 0 aliphatic rings. The highest BCUT2D eigenvalue weighted by Crippen LogP contribution is 2.16. The van der Waals surface area contributed by atoms with Crippen LogP contribution in [0.4, 0.5) is 0 Å². The molecule has 0 fully saturated rings. The molecule has 5 heteroatoms. The van der Waals surface area contributed by atoms with E-state index >= 15 is 0 Å². The number of aryl methyl sites for hydroxylation is 1. The van der Waals surface area contributed by atoms with E-state index in [2.05, 4.69) is 5.92 Å². The molecule has 0 saturated heterocycles. The summed E-state index contributed by atoms with van der Waals surface area (Å²) in [6, 6.07) is 6.55. The summed E-state index contributed by atoms with van der Waals surface area (Å²) in [6.07, 6.45) is 8.03. The summed E-state index contributed by atoms with van der Waals surface area (Å²) in [5, 5.41) is 0. The highest BCUT2D eigenvalue weighted by molar-refractivity contribution is 7.89. The Labute approximate surface area is 120 Å². The molecule has 106 valence electrons. The van der Waals surface area contributed by atoms with Gasteiger partial charge in [-0.3, -0.25) is 4.79 Å². The Morgan fingerprint density at radius 2 is 1.95 bits per heavy atom. The number of hydrogen-bond acceptors (Lipinski definition) is 3. The number of hydrogen-bond donors (Lipinski definition) is 0. The third-order valence-corrected chi connectivity index (χ3v) is 4.41. The standard InChI is InChI=1S/C15H17NO3S/c1-4-11-16(12-5-6-14(3)17)20(18,19)15-9-7-13(2)8-10-15/h1,5-10H,11-12H2,2-3H3/b6-5+. The first-order chi connectivity index (χ1) is 9.37. The van der Waals surface area contributed by atoms with E-state index in [0.717, 1.165) is 9.87 Å². The van der Waals surface area contributed by atoms with Gasteiger partial charge in [0.25, 0.3) is 0 Å². The number of rotatable bonds is 6. The molecule has 0 aliphatic carbocycles. The molecule has 1 aromatic rings. The van der Waals surface area contributed by atoms with Crippen LogP contribution in [0.2, 0.25) is 0 Å². The predicted octanol–water partition coefficient (Wildman–Crippen LogP) is 1.76. The average molecular weight is 291 g/mol. The molecule has 4 nitrogen and oxygen atoms in total. The molecule has 0 N–H and O–H groups in total. The molecule has 1 aromatic carbocycles. The van der Waals surface area contributed by atoms with Crippen LogP contribution >= 0.6 is 0 Å². The fraction of sp³-hybridized carbons (Fsp3) is 0.267. The Hall–Kier alpha value is -1.90. The Morgan fingerprint density at radius 1 is 1.35 bits per heavy atom. The maximum Gasteiger partial charge on any atom is 0.244 e. The summed E-state index contributed by atoms with van der Waals surface area (Å²) < 4.78 is 26.0. The van der Waals surface area contributed by atoms with Crippen LogP contribution in [0.1, 0.15) is 12.5 Å². The zero-order valence-electron chi connectivity index (χ0n) is 11.5. The smallest absolute Gasteiger partial charge is 0.244 e. The third-order valence-electron chi connectivity index (χ3n) is 2.59. The monoisotopic (exact) mass is 291 g/mol. The predicted molar refractivity (Wildman–Crippen MR) is 78.6 cm³/mol.